The summed E-state index contributed by atoms with van der Waals surface area (Å²) in [4.78, 5) is 51.1. The van der Waals surface area contributed by atoms with Crippen LogP contribution < -0.4 is 36.6 Å². The maximum Gasteiger partial charge on any atom is 0.319 e. The number of urea groups is 3. The van der Waals surface area contributed by atoms with Crippen molar-refractivity contribution in [2.75, 3.05) is 36.8 Å². The zero-order valence-electron chi connectivity index (χ0n) is 23.6. The molecule has 0 heterocycles. The van der Waals surface area contributed by atoms with Crippen LogP contribution in [0.25, 0.3) is 21.5 Å². The number of nitrogens with zero attached hydrogens (tertiary/aromatic N) is 2. The number of rotatable bonds is 12. The monoisotopic (exact) mass is 594 g/mol. The molecule has 44 heavy (non-hydrogen) atoms. The van der Waals surface area contributed by atoms with E-state index in [2.05, 4.69) is 36.9 Å². The van der Waals surface area contributed by atoms with Crippen LogP contribution in [-0.2, 0) is 4.79 Å². The van der Waals surface area contributed by atoms with Gasteiger partial charge < -0.3 is 36.6 Å². The Morgan fingerprint density at radius 3 is 1.68 bits per heavy atom. The lowest BCUT2D eigenvalue weighted by Crippen LogP contribution is -2.39. The predicted octanol–water partition coefficient (Wildman–Crippen LogP) is 4.84. The Morgan fingerprint density at radius 2 is 1.11 bits per heavy atom. The predicted molar refractivity (Wildman–Crippen MR) is 167 cm³/mol. The van der Waals surface area contributed by atoms with E-state index < -0.39 is 12.1 Å². The number of nitriles is 1. The van der Waals surface area contributed by atoms with Crippen LogP contribution in [0.2, 0.25) is 0 Å². The van der Waals surface area contributed by atoms with Crippen molar-refractivity contribution in [1.82, 2.24) is 21.3 Å². The Balaban J connectivity index is 1.08. The molecule has 0 radical (unpaired) electrons. The van der Waals surface area contributed by atoms with Crippen molar-refractivity contribution in [2.45, 2.75) is 12.8 Å². The van der Waals surface area contributed by atoms with E-state index >= 15 is 0 Å². The second-order valence-electron chi connectivity index (χ2n) is 9.38. The number of hydrogen-bond donors (Lipinski definition) is 6. The lowest BCUT2D eigenvalue weighted by Gasteiger charge is -2.12. The minimum atomic E-state index is -0.402. The summed E-state index contributed by atoms with van der Waals surface area (Å²) in [7, 11) is 0. The number of nitrogens with one attached hydrogen (secondary N) is 6. The van der Waals surface area contributed by atoms with E-state index in [0.717, 1.165) is 10.8 Å². The summed E-state index contributed by atoms with van der Waals surface area (Å²) in [6.45, 7) is 1.36. The van der Waals surface area contributed by atoms with Gasteiger partial charge in [-0.25, -0.2) is 19.2 Å². The van der Waals surface area contributed by atoms with Gasteiger partial charge in [-0.1, -0.05) is 48.5 Å². The molecule has 224 valence electrons. The van der Waals surface area contributed by atoms with Gasteiger partial charge in [-0.3, -0.25) is 0 Å². The van der Waals surface area contributed by atoms with E-state index in [1.165, 1.54) is 6.08 Å². The van der Waals surface area contributed by atoms with E-state index in [4.69, 9.17) is 10.00 Å². The Morgan fingerprint density at radius 1 is 0.636 bits per heavy atom. The fraction of sp³-hybridized carbons (Fsp3) is 0.194. The van der Waals surface area contributed by atoms with E-state index in [1.807, 2.05) is 12.1 Å². The molecule has 0 spiro atoms. The largest absolute Gasteiger partial charge is 0.387 e. The van der Waals surface area contributed by atoms with Crippen molar-refractivity contribution < 1.29 is 23.9 Å². The molecule has 4 aromatic rings. The van der Waals surface area contributed by atoms with Crippen molar-refractivity contribution in [3.8, 4) is 12.0 Å². The first kappa shape index (κ1) is 30.8. The van der Waals surface area contributed by atoms with Gasteiger partial charge in [0.1, 0.15) is 5.75 Å². The molecule has 6 N–H and O–H groups in total. The molecule has 0 bridgehead atoms. The first-order valence-corrected chi connectivity index (χ1v) is 13.8. The van der Waals surface area contributed by atoms with Gasteiger partial charge >= 0.3 is 18.1 Å². The zero-order valence-corrected chi connectivity index (χ0v) is 23.6. The van der Waals surface area contributed by atoms with Crippen LogP contribution in [0.15, 0.2) is 77.8 Å². The topological polar surface area (TPSA) is 186 Å². The highest BCUT2D eigenvalue weighted by atomic mass is 16.5. The maximum atomic E-state index is 12.4. The normalized spacial score (nSPS) is 10.2. The molecule has 0 aliphatic rings. The molecule has 0 aromatic heterocycles. The number of benzene rings is 4. The molecule has 0 saturated heterocycles. The van der Waals surface area contributed by atoms with Crippen LogP contribution in [-0.4, -0.2) is 50.4 Å². The van der Waals surface area contributed by atoms with Gasteiger partial charge in [-0.2, -0.15) is 4.99 Å². The zero-order chi connectivity index (χ0) is 31.1. The van der Waals surface area contributed by atoms with Gasteiger partial charge in [0.15, 0.2) is 0 Å². The second kappa shape index (κ2) is 15.8. The van der Waals surface area contributed by atoms with Gasteiger partial charge in [0.05, 0.1) is 17.1 Å². The molecule has 0 aliphatic heterocycles. The van der Waals surface area contributed by atoms with Gasteiger partial charge in [-0.05, 0) is 37.1 Å². The molecule has 0 unspecified atom stereocenters. The Bertz CT molecular complexity index is 1750. The average Bonchev–Trinajstić information content (AvgIpc) is 3.02. The number of anilines is 2. The smallest absolute Gasteiger partial charge is 0.319 e. The molecule has 0 fully saturated rings. The third-order valence-corrected chi connectivity index (χ3v) is 6.45. The van der Waals surface area contributed by atoms with Crippen molar-refractivity contribution >= 4 is 62.8 Å². The van der Waals surface area contributed by atoms with Gasteiger partial charge in [0.2, 0.25) is 6.08 Å². The van der Waals surface area contributed by atoms with Gasteiger partial charge in [-0.15, -0.1) is 5.26 Å². The maximum absolute atomic E-state index is 12.4. The minimum absolute atomic E-state index is 0.333. The first-order valence-electron chi connectivity index (χ1n) is 13.8. The molecule has 4 aromatic carbocycles. The van der Waals surface area contributed by atoms with Crippen LogP contribution in [0, 0.1) is 11.5 Å². The van der Waals surface area contributed by atoms with E-state index in [0.29, 0.717) is 72.6 Å². The summed E-state index contributed by atoms with van der Waals surface area (Å²) in [6, 6.07) is 19.9. The average molecular weight is 595 g/mol. The number of amides is 6. The molecule has 13 nitrogen and oxygen atoms in total. The van der Waals surface area contributed by atoms with E-state index in [-0.39, 0.29) is 6.03 Å². The third-order valence-electron chi connectivity index (χ3n) is 6.45. The highest BCUT2D eigenvalue weighted by Gasteiger charge is 2.10. The molecule has 0 aliphatic carbocycles. The molecular weight excluding hydrogens is 564 g/mol. The number of fused-ring (bicyclic) bond motifs is 2. The highest BCUT2D eigenvalue weighted by molar-refractivity contribution is 6.06. The van der Waals surface area contributed by atoms with Crippen molar-refractivity contribution in [2.24, 2.45) is 4.99 Å². The lowest BCUT2D eigenvalue weighted by atomic mass is 10.1. The fourth-order valence-electron chi connectivity index (χ4n) is 4.46. The third kappa shape index (κ3) is 8.45. The van der Waals surface area contributed by atoms with E-state index in [9.17, 15) is 19.2 Å². The SMILES string of the molecule is N#COc1cccc2c(NC(=O)NCCCNC(=O)NCCCNC(=O)Nc3cccc4c(N=C=O)cccc34)cccc12. The quantitative estimate of drug-likeness (QED) is 0.0589. The second-order valence-corrected chi connectivity index (χ2v) is 9.38. The summed E-state index contributed by atoms with van der Waals surface area (Å²) < 4.78 is 4.98. The van der Waals surface area contributed by atoms with E-state index in [1.54, 1.807) is 66.9 Å². The number of carbonyl (C=O) groups excluding carboxylic acids is 4. The fourth-order valence-corrected chi connectivity index (χ4v) is 4.46. The van der Waals surface area contributed by atoms with Crippen LogP contribution in [0.1, 0.15) is 12.8 Å². The summed E-state index contributed by atoms with van der Waals surface area (Å²) in [5, 5.41) is 28.2. The van der Waals surface area contributed by atoms with Crippen molar-refractivity contribution in [1.29, 1.82) is 5.26 Å². The molecule has 4 rings (SSSR count). The molecule has 6 amide bonds. The summed E-state index contributed by atoms with van der Waals surface area (Å²) in [6.07, 6.45) is 4.21. The Kier molecular flexibility index (Phi) is 11.0. The number of carbonyl (C=O) groups is 3. The van der Waals surface area contributed by atoms with Crippen molar-refractivity contribution in [3.05, 3.63) is 72.8 Å². The number of aliphatic imine (C=N–C) groups is 1. The Hall–Kier alpha value is -6.12. The first-order chi connectivity index (χ1) is 21.5. The molecular formula is C31H30N8O5. The number of ether oxygens (including phenoxy) is 1. The number of hydrogen-bond acceptors (Lipinski definition) is 7. The lowest BCUT2D eigenvalue weighted by molar-refractivity contribution is 0.240. The molecule has 0 atom stereocenters. The van der Waals surface area contributed by atoms with Crippen LogP contribution in [0.5, 0.6) is 5.75 Å². The Labute approximate surface area is 252 Å². The minimum Gasteiger partial charge on any atom is -0.387 e. The molecule has 13 heteroatoms. The standard InChI is InChI=1S/C31H30N8O5/c32-19-44-28-14-4-9-23-24(28)10-3-13-27(23)39-31(43)36-18-6-16-34-29(41)33-15-5-17-35-30(42)38-26-12-2-7-21-22(26)8-1-11-25(21)37-20-40/h1-4,7-14H,5-6,15-18H2,(H2,33,34,41)(H2,35,38,42)(H2,36,39,43). The highest BCUT2D eigenvalue weighted by Crippen LogP contribution is 2.31. The molecule has 0 saturated carbocycles. The number of isocyanates is 1. The summed E-state index contributed by atoms with van der Waals surface area (Å²) in [5.74, 6) is 0.403. The summed E-state index contributed by atoms with van der Waals surface area (Å²) in [5.41, 5.74) is 1.61. The van der Waals surface area contributed by atoms with Crippen LogP contribution in [0.4, 0.5) is 31.4 Å². The van der Waals surface area contributed by atoms with Gasteiger partial charge in [0, 0.05) is 47.7 Å². The van der Waals surface area contributed by atoms with Crippen LogP contribution >= 0.6 is 0 Å². The van der Waals surface area contributed by atoms with Crippen LogP contribution in [0.3, 0.4) is 0 Å². The summed E-state index contributed by atoms with van der Waals surface area (Å²) >= 11 is 0. The van der Waals surface area contributed by atoms with Gasteiger partial charge in [0.25, 0.3) is 6.26 Å². The van der Waals surface area contributed by atoms with Crippen molar-refractivity contribution in [3.63, 3.8) is 0 Å².